The van der Waals surface area contributed by atoms with Gasteiger partial charge in [0, 0.05) is 24.9 Å². The zero-order chi connectivity index (χ0) is 78.0. The molecule has 0 amide bonds. The first-order chi connectivity index (χ1) is 52.5. The molecule has 0 aromatic heterocycles. The molecule has 109 heavy (non-hydrogen) atoms. The lowest BCUT2D eigenvalue weighted by molar-refractivity contribution is -0.145. The second-order valence-corrected chi connectivity index (χ2v) is 38.3. The fourth-order valence-electron chi connectivity index (χ4n) is 16.8. The van der Waals surface area contributed by atoms with E-state index < -0.39 is 54.0 Å². The van der Waals surface area contributed by atoms with Crippen molar-refractivity contribution in [2.75, 3.05) is 79.8 Å². The van der Waals surface area contributed by atoms with Gasteiger partial charge in [-0.05, 0) is 234 Å². The molecule has 0 aliphatic heterocycles. The van der Waals surface area contributed by atoms with Crippen LogP contribution in [0.1, 0.15) is 241 Å². The number of carbonyl (C=O) groups excluding carboxylic acids is 2. The Bertz CT molecular complexity index is 3580. The Morgan fingerprint density at radius 1 is 0.477 bits per heavy atom. The molecule has 10 atom stereocenters. The highest BCUT2D eigenvalue weighted by Gasteiger charge is 2.60. The molecule has 608 valence electrons. The topological polar surface area (TPSA) is 173 Å². The van der Waals surface area contributed by atoms with Crippen molar-refractivity contribution in [1.82, 2.24) is 0 Å². The van der Waals surface area contributed by atoms with Crippen LogP contribution in [0.3, 0.4) is 0 Å². The molecule has 4 aliphatic carbocycles. The van der Waals surface area contributed by atoms with Crippen LogP contribution in [0.25, 0.3) is 22.3 Å². The Morgan fingerprint density at radius 3 is 1.42 bits per heavy atom. The van der Waals surface area contributed by atoms with Gasteiger partial charge in [-0.2, -0.15) is 17.7 Å². The van der Waals surface area contributed by atoms with Crippen LogP contribution in [0, 0.1) is 40.4 Å². The number of carbonyl (C=O) groups is 2. The Kier molecular flexibility index (Phi) is 37.5. The summed E-state index contributed by atoms with van der Waals surface area (Å²) in [6, 6.07) is 31.3. The van der Waals surface area contributed by atoms with Crippen molar-refractivity contribution < 1.29 is 73.6 Å². The third-order valence-electron chi connectivity index (χ3n) is 22.9. The quantitative estimate of drug-likeness (QED) is 0.0134. The monoisotopic (exact) mass is 1580 g/mol. The minimum Gasteiger partial charge on any atom is -0.494 e. The molecule has 0 saturated heterocycles. The zero-order valence-electron chi connectivity index (χ0n) is 67.2. The highest BCUT2D eigenvalue weighted by molar-refractivity contribution is 7.71. The second kappa shape index (κ2) is 45.7. The average Bonchev–Trinajstić information content (AvgIpc) is 1.56. The van der Waals surface area contributed by atoms with Gasteiger partial charge in [-0.1, -0.05) is 173 Å². The van der Waals surface area contributed by atoms with E-state index in [4.69, 9.17) is 64.6 Å². The summed E-state index contributed by atoms with van der Waals surface area (Å²) in [6.45, 7) is 22.7. The predicted octanol–water partition coefficient (Wildman–Crippen LogP) is 26.6. The number of nitrogens with zero attached hydrogens (tertiary/aromatic N) is 3. The number of hydrogen-bond acceptors (Lipinski definition) is 14. The molecule has 22 heteroatoms. The molecule has 0 spiro atoms. The third-order valence-corrected chi connectivity index (χ3v) is 30.8. The molecular weight excluding hydrogens is 1440 g/mol. The van der Waals surface area contributed by atoms with Crippen LogP contribution in [-0.4, -0.2) is 97.9 Å². The maximum atomic E-state index is 14.4. The number of ether oxygens (including phenoxy) is 5. The lowest BCUT2D eigenvalue weighted by Crippen LogP contribution is -2.56. The third kappa shape index (κ3) is 29.1. The molecular formula is C87H131F3N3O13P3. The van der Waals surface area contributed by atoms with Crippen molar-refractivity contribution in [3.8, 4) is 45.3 Å². The molecule has 0 heterocycles. The largest absolute Gasteiger partial charge is 0.494 e. The molecule has 4 aromatic rings. The van der Waals surface area contributed by atoms with Crippen LogP contribution in [0.15, 0.2) is 135 Å². The minimum atomic E-state index is -4.62. The fourth-order valence-corrected chi connectivity index (χ4v) is 24.8. The first-order valence-corrected chi connectivity index (χ1v) is 46.3. The SMILES string of the molecule is C=C(C)C(=O)OCCOP(N=P(C)(OCCCCCOc1ccc(-c2ccc(OC(=O)C(=C)C)cc2)cc1)OCCCCCC1CC[C@@]2(C)C(CC[C@@]3(C)C4CCCC4CCC23)C1)(=NP(=NC)(OCCCCCC)OCCCCCOc1ccc(-c2ccc(OCCCCCCCC)cc2)cc1)OCCC(F)(F)F. The van der Waals surface area contributed by atoms with E-state index in [0.717, 1.165) is 109 Å². The van der Waals surface area contributed by atoms with Gasteiger partial charge in [0.15, 0.2) is 0 Å². The van der Waals surface area contributed by atoms with E-state index in [0.29, 0.717) is 98.4 Å². The Labute approximate surface area is 652 Å². The zero-order valence-corrected chi connectivity index (χ0v) is 69.8. The smallest absolute Gasteiger partial charge is 0.391 e. The summed E-state index contributed by atoms with van der Waals surface area (Å²) in [5, 5.41) is 0. The summed E-state index contributed by atoms with van der Waals surface area (Å²) in [5.41, 5.74) is 5.47. The van der Waals surface area contributed by atoms with E-state index in [1.807, 2.05) is 60.7 Å². The number of hydrogen-bond donors (Lipinski definition) is 0. The van der Waals surface area contributed by atoms with Crippen LogP contribution >= 0.6 is 22.8 Å². The first-order valence-electron chi connectivity index (χ1n) is 41.2. The van der Waals surface area contributed by atoms with Gasteiger partial charge in [0.1, 0.15) is 29.6 Å². The summed E-state index contributed by atoms with van der Waals surface area (Å²) in [5.74, 6) is 5.78. The number of halogens is 3. The van der Waals surface area contributed by atoms with Crippen LogP contribution in [0.2, 0.25) is 0 Å². The van der Waals surface area contributed by atoms with Crippen molar-refractivity contribution in [3.05, 3.63) is 121 Å². The second-order valence-electron chi connectivity index (χ2n) is 31.4. The van der Waals surface area contributed by atoms with E-state index in [1.165, 1.54) is 110 Å². The molecule has 8 unspecified atom stereocenters. The number of benzene rings is 4. The molecule has 0 bridgehead atoms. The highest BCUT2D eigenvalue weighted by Crippen LogP contribution is 2.73. The summed E-state index contributed by atoms with van der Waals surface area (Å²) in [4.78, 5) is 24.8. The van der Waals surface area contributed by atoms with Gasteiger partial charge >= 0.3 is 33.4 Å². The Hall–Kier alpha value is -5.06. The normalized spacial score (nSPS) is 22.0. The maximum absolute atomic E-state index is 14.4. The Morgan fingerprint density at radius 2 is 0.917 bits per heavy atom. The van der Waals surface area contributed by atoms with Crippen LogP contribution in [0.4, 0.5) is 13.2 Å². The van der Waals surface area contributed by atoms with E-state index >= 15 is 0 Å². The van der Waals surface area contributed by atoms with Crippen molar-refractivity contribution in [2.45, 2.75) is 247 Å². The van der Waals surface area contributed by atoms with Gasteiger partial charge in [-0.15, -0.1) is 4.52 Å². The minimum absolute atomic E-state index is 0.127. The van der Waals surface area contributed by atoms with Gasteiger partial charge in [0.2, 0.25) is 7.51 Å². The number of alkyl halides is 3. The standard InChI is InChI=1S/C87H131F3N3O13P3/c1-11-13-15-17-18-23-57-96-77-43-34-71(35-44-77)72-36-45-78(46-37-72)98-59-25-21-29-63-103-108(91-9,102-62-26-16-14-12-2)93-109(104-64-56-87(88,89)90,105-66-65-99-83(94)68(3)4)92-107(10,101-61-28-20-24-58-97-79-47-38-73(39-48-79)74-40-49-80(50-41-74)106-84(95)69(5)6)100-60-27-19-22-31-70-52-54-85(7)76(67-70)53-55-86(8)81-33-30-32-75(81)42-51-82(85)86/h34-41,43-50,70,75-76,81-82H,3,5,11-33,42,51-67H2,1-2,4,6-10H3/t70?,75?,76?,81?,82?,85-,86-,107?,108?,109?/m0/s1. The van der Waals surface area contributed by atoms with Gasteiger partial charge in [-0.3, -0.25) is 0 Å². The van der Waals surface area contributed by atoms with E-state index in [-0.39, 0.29) is 45.2 Å². The highest BCUT2D eigenvalue weighted by atomic mass is 31.3. The molecule has 0 N–H and O–H groups in total. The van der Waals surface area contributed by atoms with Gasteiger partial charge < -0.3 is 50.8 Å². The van der Waals surface area contributed by atoms with Crippen molar-refractivity contribution in [1.29, 1.82) is 0 Å². The van der Waals surface area contributed by atoms with E-state index in [2.05, 4.69) is 65.1 Å². The lowest BCUT2D eigenvalue weighted by atomic mass is 9.41. The molecule has 0 radical (unpaired) electrons. The summed E-state index contributed by atoms with van der Waals surface area (Å²) < 4.78 is 128. The predicted molar refractivity (Wildman–Crippen MR) is 436 cm³/mol. The number of esters is 2. The molecule has 4 aromatic carbocycles. The molecule has 4 saturated carbocycles. The summed E-state index contributed by atoms with van der Waals surface area (Å²) >= 11 is 0. The van der Waals surface area contributed by atoms with Crippen LogP contribution in [-0.2, 0) is 41.5 Å². The van der Waals surface area contributed by atoms with Gasteiger partial charge in [0.05, 0.1) is 65.9 Å². The summed E-state index contributed by atoms with van der Waals surface area (Å²) in [7, 11) is -10.3. The van der Waals surface area contributed by atoms with E-state index in [9.17, 15) is 22.8 Å². The number of rotatable bonds is 51. The molecule has 4 aliphatic rings. The molecule has 8 rings (SSSR count). The van der Waals surface area contributed by atoms with E-state index in [1.54, 1.807) is 25.7 Å². The Balaban J connectivity index is 0.964. The van der Waals surface area contributed by atoms with Gasteiger partial charge in [0.25, 0.3) is 0 Å². The lowest BCUT2D eigenvalue weighted by Gasteiger charge is -2.64. The van der Waals surface area contributed by atoms with Crippen molar-refractivity contribution in [3.63, 3.8) is 0 Å². The molecule has 16 nitrogen and oxygen atoms in total. The average molecular weight is 1580 g/mol. The van der Waals surface area contributed by atoms with Crippen molar-refractivity contribution in [2.24, 2.45) is 54.2 Å². The molecule has 4 fully saturated rings. The fraction of sp³-hybridized carbons (Fsp3) is 0.655. The maximum Gasteiger partial charge on any atom is 0.391 e. The van der Waals surface area contributed by atoms with Crippen LogP contribution in [0.5, 0.6) is 23.0 Å². The van der Waals surface area contributed by atoms with Gasteiger partial charge in [-0.25, -0.2) is 14.3 Å². The van der Waals surface area contributed by atoms with Crippen molar-refractivity contribution >= 4 is 34.8 Å². The number of fused-ring (bicyclic) bond motifs is 5. The summed E-state index contributed by atoms with van der Waals surface area (Å²) in [6.07, 6.45) is 26.3. The first kappa shape index (κ1) is 89.5. The van der Waals surface area contributed by atoms with Crippen LogP contribution < -0.4 is 18.9 Å². The number of unbranched alkanes of at least 4 members (excludes halogenated alkanes) is 14.